The van der Waals surface area contributed by atoms with E-state index in [4.69, 9.17) is 23.2 Å². The fraction of sp³-hybridized carbons (Fsp3) is 0.400. The van der Waals surface area contributed by atoms with Crippen LogP contribution in [0.3, 0.4) is 0 Å². The van der Waals surface area contributed by atoms with Crippen molar-refractivity contribution in [2.75, 3.05) is 6.54 Å². The number of aromatic nitrogens is 1. The summed E-state index contributed by atoms with van der Waals surface area (Å²) in [6.07, 6.45) is 5.22. The first-order valence-corrected chi connectivity index (χ1v) is 8.50. The average Bonchev–Trinajstić information content (AvgIpc) is 2.96. The van der Waals surface area contributed by atoms with Crippen LogP contribution in [0.15, 0.2) is 17.7 Å². The van der Waals surface area contributed by atoms with Gasteiger partial charge in [0.25, 0.3) is 5.91 Å². The predicted octanol–water partition coefficient (Wildman–Crippen LogP) is 5.40. The van der Waals surface area contributed by atoms with E-state index in [0.29, 0.717) is 21.6 Å². The van der Waals surface area contributed by atoms with Gasteiger partial charge in [-0.15, -0.1) is 11.3 Å². The van der Waals surface area contributed by atoms with E-state index in [9.17, 15) is 4.79 Å². The average molecular weight is 345 g/mol. The predicted molar refractivity (Wildman–Crippen MR) is 91.8 cm³/mol. The van der Waals surface area contributed by atoms with Crippen LogP contribution in [0, 0.1) is 0 Å². The van der Waals surface area contributed by atoms with E-state index in [0.717, 1.165) is 29.5 Å². The van der Waals surface area contributed by atoms with E-state index >= 15 is 0 Å². The number of halogens is 2. The number of thiophene rings is 1. The molecule has 1 amide bonds. The minimum Gasteiger partial charge on any atom is -0.351 e. The van der Waals surface area contributed by atoms with Crippen LogP contribution in [0.1, 0.15) is 43.6 Å². The second kappa shape index (κ2) is 7.34. The van der Waals surface area contributed by atoms with Crippen LogP contribution in [0.2, 0.25) is 9.36 Å². The molecule has 0 unspecified atom stereocenters. The molecule has 0 aliphatic heterocycles. The van der Waals surface area contributed by atoms with Crippen LogP contribution < -0.4 is 5.32 Å². The summed E-state index contributed by atoms with van der Waals surface area (Å²) in [5.41, 5.74) is 2.63. The Bertz CT molecular complexity index is 673. The second-order valence-corrected chi connectivity index (χ2v) is 6.96. The fourth-order valence-electron chi connectivity index (χ4n) is 2.16. The maximum atomic E-state index is 12.1. The van der Waals surface area contributed by atoms with Crippen molar-refractivity contribution in [3.05, 3.63) is 32.8 Å². The summed E-state index contributed by atoms with van der Waals surface area (Å²) >= 11 is 13.4. The molecule has 0 bridgehead atoms. The van der Waals surface area contributed by atoms with Crippen molar-refractivity contribution < 1.29 is 4.79 Å². The van der Waals surface area contributed by atoms with Gasteiger partial charge in [0.2, 0.25) is 0 Å². The zero-order valence-corrected chi connectivity index (χ0v) is 14.4. The van der Waals surface area contributed by atoms with Crippen molar-refractivity contribution in [3.8, 4) is 0 Å². The van der Waals surface area contributed by atoms with Gasteiger partial charge in [0.1, 0.15) is 10.0 Å². The zero-order valence-electron chi connectivity index (χ0n) is 12.1. The minimum atomic E-state index is -0.109. The number of amides is 1. The Labute approximate surface area is 138 Å². The number of carbonyl (C=O) groups excluding carboxylic acids is 1. The molecule has 0 spiro atoms. The van der Waals surface area contributed by atoms with Gasteiger partial charge in [0.15, 0.2) is 0 Å². The van der Waals surface area contributed by atoms with Crippen LogP contribution in [0.25, 0.3) is 10.2 Å². The third kappa shape index (κ3) is 4.02. The minimum absolute atomic E-state index is 0.109. The first-order chi connectivity index (χ1) is 10.0. The standard InChI is InChI=1S/C15H18Cl2N2OS/c1-3-5-9(2)6-4-7-18-15(20)10-8-11-13(19-10)12(16)14(17)21-11/h5,8,19H,3-4,6-7H2,1-2H3,(H,18,20)/b9-5+. The highest BCUT2D eigenvalue weighted by molar-refractivity contribution is 7.23. The molecule has 21 heavy (non-hydrogen) atoms. The highest BCUT2D eigenvalue weighted by atomic mass is 35.5. The number of hydrogen-bond donors (Lipinski definition) is 2. The van der Waals surface area contributed by atoms with Crippen molar-refractivity contribution in [3.63, 3.8) is 0 Å². The molecule has 0 aliphatic rings. The number of aromatic amines is 1. The number of carbonyl (C=O) groups is 1. The van der Waals surface area contributed by atoms with E-state index in [-0.39, 0.29) is 5.91 Å². The Hall–Kier alpha value is -0.970. The van der Waals surface area contributed by atoms with Crippen molar-refractivity contribution in [1.29, 1.82) is 0 Å². The summed E-state index contributed by atoms with van der Waals surface area (Å²) in [5.74, 6) is -0.109. The molecule has 2 aromatic heterocycles. The van der Waals surface area contributed by atoms with Gasteiger partial charge in [-0.2, -0.15) is 0 Å². The highest BCUT2D eigenvalue weighted by Crippen LogP contribution is 2.38. The maximum absolute atomic E-state index is 12.1. The number of hydrogen-bond acceptors (Lipinski definition) is 2. The Morgan fingerprint density at radius 1 is 1.48 bits per heavy atom. The van der Waals surface area contributed by atoms with Crippen LogP contribution >= 0.6 is 34.5 Å². The van der Waals surface area contributed by atoms with E-state index in [1.807, 2.05) is 0 Å². The molecule has 0 aromatic carbocycles. The molecular formula is C15H18Cl2N2OS. The number of allylic oxidation sites excluding steroid dienone is 2. The molecule has 2 aromatic rings. The summed E-state index contributed by atoms with van der Waals surface area (Å²) < 4.78 is 1.44. The quantitative estimate of drug-likeness (QED) is 0.534. The molecule has 3 nitrogen and oxygen atoms in total. The highest BCUT2D eigenvalue weighted by Gasteiger charge is 2.15. The molecule has 6 heteroatoms. The summed E-state index contributed by atoms with van der Waals surface area (Å²) in [6, 6.07) is 1.79. The molecule has 0 atom stereocenters. The van der Waals surface area contributed by atoms with E-state index in [1.165, 1.54) is 16.9 Å². The Morgan fingerprint density at radius 2 is 2.24 bits per heavy atom. The van der Waals surface area contributed by atoms with Crippen LogP contribution in [-0.2, 0) is 0 Å². The third-order valence-corrected chi connectivity index (χ3v) is 5.14. The second-order valence-electron chi connectivity index (χ2n) is 4.93. The van der Waals surface area contributed by atoms with Crippen LogP contribution in [0.5, 0.6) is 0 Å². The van der Waals surface area contributed by atoms with Gasteiger partial charge in [-0.25, -0.2) is 0 Å². The lowest BCUT2D eigenvalue weighted by Gasteiger charge is -2.04. The van der Waals surface area contributed by atoms with Crippen molar-refractivity contribution in [1.82, 2.24) is 10.3 Å². The molecule has 0 aliphatic carbocycles. The van der Waals surface area contributed by atoms with E-state index in [1.54, 1.807) is 6.07 Å². The van der Waals surface area contributed by atoms with Crippen LogP contribution in [0.4, 0.5) is 0 Å². The van der Waals surface area contributed by atoms with Gasteiger partial charge in [0, 0.05) is 6.54 Å². The summed E-state index contributed by atoms with van der Waals surface area (Å²) in [7, 11) is 0. The Kier molecular flexibility index (Phi) is 5.73. The lowest BCUT2D eigenvalue weighted by Crippen LogP contribution is -2.24. The van der Waals surface area contributed by atoms with E-state index < -0.39 is 0 Å². The topological polar surface area (TPSA) is 44.9 Å². The molecule has 0 fully saturated rings. The zero-order chi connectivity index (χ0) is 15.4. The number of fused-ring (bicyclic) bond motifs is 1. The first-order valence-electron chi connectivity index (χ1n) is 6.93. The number of H-pyrrole nitrogens is 1. The lowest BCUT2D eigenvalue weighted by atomic mass is 10.1. The van der Waals surface area contributed by atoms with Gasteiger partial charge in [-0.1, -0.05) is 41.8 Å². The van der Waals surface area contributed by atoms with Crippen LogP contribution in [-0.4, -0.2) is 17.4 Å². The largest absolute Gasteiger partial charge is 0.351 e. The van der Waals surface area contributed by atoms with Gasteiger partial charge in [-0.05, 0) is 32.3 Å². The van der Waals surface area contributed by atoms with Gasteiger partial charge in [-0.3, -0.25) is 4.79 Å². The molecule has 2 N–H and O–H groups in total. The van der Waals surface area contributed by atoms with Gasteiger partial charge < -0.3 is 10.3 Å². The van der Waals surface area contributed by atoms with Crippen molar-refractivity contribution >= 4 is 50.7 Å². The normalized spacial score (nSPS) is 12.1. The summed E-state index contributed by atoms with van der Waals surface area (Å²) in [5, 5.41) is 3.39. The fourth-order valence-corrected chi connectivity index (χ4v) is 3.64. The molecule has 0 saturated heterocycles. The molecule has 2 rings (SSSR count). The summed E-state index contributed by atoms with van der Waals surface area (Å²) in [4.78, 5) is 15.1. The third-order valence-electron chi connectivity index (χ3n) is 3.20. The molecular weight excluding hydrogens is 327 g/mol. The lowest BCUT2D eigenvalue weighted by molar-refractivity contribution is 0.0949. The van der Waals surface area contributed by atoms with Crippen molar-refractivity contribution in [2.45, 2.75) is 33.1 Å². The SMILES string of the molecule is CC/C=C(\C)CCCNC(=O)c1cc2sc(Cl)c(Cl)c2[nH]1. The Balaban J connectivity index is 1.89. The van der Waals surface area contributed by atoms with Gasteiger partial charge in [0.05, 0.1) is 15.2 Å². The molecule has 0 radical (unpaired) electrons. The molecule has 114 valence electrons. The van der Waals surface area contributed by atoms with Crippen molar-refractivity contribution in [2.24, 2.45) is 0 Å². The molecule has 2 heterocycles. The number of nitrogens with one attached hydrogen (secondary N) is 2. The monoisotopic (exact) mass is 344 g/mol. The smallest absolute Gasteiger partial charge is 0.267 e. The summed E-state index contributed by atoms with van der Waals surface area (Å²) in [6.45, 7) is 4.91. The molecule has 0 saturated carbocycles. The maximum Gasteiger partial charge on any atom is 0.267 e. The van der Waals surface area contributed by atoms with Gasteiger partial charge >= 0.3 is 0 Å². The number of rotatable bonds is 6. The Morgan fingerprint density at radius 3 is 2.90 bits per heavy atom. The first kappa shape index (κ1) is 16.4. The van der Waals surface area contributed by atoms with E-state index in [2.05, 4.69) is 30.2 Å².